The maximum Gasteiger partial charge on any atom is 0.331 e. The lowest BCUT2D eigenvalue weighted by Crippen LogP contribution is -2.19. The third-order valence-corrected chi connectivity index (χ3v) is 4.25. The number of anilines is 1. The number of hydrogen-bond donors (Lipinski definition) is 2. The van der Waals surface area contributed by atoms with Crippen molar-refractivity contribution < 1.29 is 9.90 Å². The van der Waals surface area contributed by atoms with Crippen LogP contribution in [-0.2, 0) is 4.79 Å². The van der Waals surface area contributed by atoms with Crippen molar-refractivity contribution in [1.29, 1.82) is 0 Å². The van der Waals surface area contributed by atoms with Gasteiger partial charge in [0.15, 0.2) is 6.04 Å². The number of aromatic nitrogens is 1. The van der Waals surface area contributed by atoms with Crippen molar-refractivity contribution in [2.24, 2.45) is 0 Å². The average Bonchev–Trinajstić information content (AvgIpc) is 2.97. The largest absolute Gasteiger partial charge is 0.479 e. The summed E-state index contributed by atoms with van der Waals surface area (Å²) in [6.45, 7) is 0. The zero-order chi connectivity index (χ0) is 14.8. The molecule has 0 saturated heterocycles. The molecule has 1 atom stereocenters. The lowest BCUT2D eigenvalue weighted by molar-refractivity contribution is -0.138. The Morgan fingerprint density at radius 3 is 2.90 bits per heavy atom. The summed E-state index contributed by atoms with van der Waals surface area (Å²) in [7, 11) is 0. The van der Waals surface area contributed by atoms with E-state index in [9.17, 15) is 9.90 Å². The first-order chi connectivity index (χ1) is 10.1. The molecule has 0 aliphatic rings. The second-order valence-electron chi connectivity index (χ2n) is 4.45. The molecule has 106 valence electrons. The highest BCUT2D eigenvalue weighted by atomic mass is 35.5. The fourth-order valence-corrected chi connectivity index (χ4v) is 3.05. The Hall–Kier alpha value is -2.11. The minimum atomic E-state index is -0.920. The summed E-state index contributed by atoms with van der Waals surface area (Å²) in [5, 5.41) is 15.8. The molecule has 6 heteroatoms. The molecule has 2 heterocycles. The van der Waals surface area contributed by atoms with Crippen LogP contribution in [0.3, 0.4) is 0 Å². The molecule has 0 bridgehead atoms. The Bertz CT molecular complexity index is 789. The van der Waals surface area contributed by atoms with E-state index in [1.807, 2.05) is 17.5 Å². The van der Waals surface area contributed by atoms with Gasteiger partial charge in [-0.05, 0) is 35.7 Å². The zero-order valence-electron chi connectivity index (χ0n) is 10.8. The summed E-state index contributed by atoms with van der Waals surface area (Å²) in [6.07, 6.45) is 1.63. The van der Waals surface area contributed by atoms with Crippen LogP contribution in [0.2, 0.25) is 5.02 Å². The highest BCUT2D eigenvalue weighted by Gasteiger charge is 2.21. The van der Waals surface area contributed by atoms with Crippen LogP contribution in [0.5, 0.6) is 0 Å². The third kappa shape index (κ3) is 2.84. The summed E-state index contributed by atoms with van der Waals surface area (Å²) < 4.78 is 0. The van der Waals surface area contributed by atoms with Crippen LogP contribution in [0.1, 0.15) is 10.9 Å². The molecule has 0 spiro atoms. The molecular weight excluding hydrogens is 308 g/mol. The minimum absolute atomic E-state index is 0.597. The van der Waals surface area contributed by atoms with Gasteiger partial charge in [0.05, 0.1) is 5.52 Å². The first-order valence-electron chi connectivity index (χ1n) is 6.22. The van der Waals surface area contributed by atoms with E-state index in [4.69, 9.17) is 11.6 Å². The molecule has 0 aliphatic heterocycles. The van der Waals surface area contributed by atoms with Gasteiger partial charge in [0, 0.05) is 27.2 Å². The molecule has 1 aromatic carbocycles. The average molecular weight is 319 g/mol. The van der Waals surface area contributed by atoms with Gasteiger partial charge in [-0.25, -0.2) is 4.79 Å². The van der Waals surface area contributed by atoms with E-state index in [0.29, 0.717) is 5.02 Å². The summed E-state index contributed by atoms with van der Waals surface area (Å²) in [5.41, 5.74) is 1.44. The fraction of sp³-hybridized carbons (Fsp3) is 0.0667. The molecule has 2 aromatic heterocycles. The number of halogens is 1. The molecule has 0 fully saturated rings. The topological polar surface area (TPSA) is 62.2 Å². The molecular formula is C15H11ClN2O2S. The lowest BCUT2D eigenvalue weighted by Gasteiger charge is -2.16. The molecule has 3 rings (SSSR count). The number of pyridine rings is 1. The summed E-state index contributed by atoms with van der Waals surface area (Å²) >= 11 is 7.36. The number of thiophene rings is 1. The molecule has 3 aromatic rings. The number of carboxylic acid groups (broad SMARTS) is 1. The Balaban J connectivity index is 2.02. The maximum absolute atomic E-state index is 11.5. The molecule has 4 nitrogen and oxygen atoms in total. The highest BCUT2D eigenvalue weighted by molar-refractivity contribution is 7.10. The van der Waals surface area contributed by atoms with Gasteiger partial charge in [0.2, 0.25) is 0 Å². The van der Waals surface area contributed by atoms with E-state index in [-0.39, 0.29) is 0 Å². The van der Waals surface area contributed by atoms with E-state index in [1.54, 1.807) is 30.5 Å². The van der Waals surface area contributed by atoms with Crippen LogP contribution in [0.25, 0.3) is 10.9 Å². The molecule has 1 unspecified atom stereocenters. The highest BCUT2D eigenvalue weighted by Crippen LogP contribution is 2.29. The van der Waals surface area contributed by atoms with E-state index in [2.05, 4.69) is 10.3 Å². The molecule has 0 amide bonds. The molecule has 0 aliphatic carbocycles. The minimum Gasteiger partial charge on any atom is -0.479 e. The van der Waals surface area contributed by atoms with E-state index < -0.39 is 12.0 Å². The van der Waals surface area contributed by atoms with Crippen molar-refractivity contribution in [2.45, 2.75) is 6.04 Å². The quantitative estimate of drug-likeness (QED) is 0.757. The summed E-state index contributed by atoms with van der Waals surface area (Å²) in [6, 6.07) is 9.96. The molecule has 0 radical (unpaired) electrons. The maximum atomic E-state index is 11.5. The Morgan fingerprint density at radius 1 is 1.33 bits per heavy atom. The van der Waals surface area contributed by atoms with Gasteiger partial charge < -0.3 is 10.4 Å². The number of nitrogens with zero attached hydrogens (tertiary/aromatic N) is 1. The smallest absolute Gasteiger partial charge is 0.331 e. The Kier molecular flexibility index (Phi) is 3.77. The van der Waals surface area contributed by atoms with Crippen LogP contribution < -0.4 is 5.32 Å². The van der Waals surface area contributed by atoms with Crippen molar-refractivity contribution >= 4 is 45.5 Å². The number of nitrogens with one attached hydrogen (secondary N) is 1. The van der Waals surface area contributed by atoms with Crippen molar-refractivity contribution in [3.63, 3.8) is 0 Å². The van der Waals surface area contributed by atoms with Crippen molar-refractivity contribution in [2.75, 3.05) is 5.32 Å². The zero-order valence-corrected chi connectivity index (χ0v) is 12.4. The number of benzene rings is 1. The monoisotopic (exact) mass is 318 g/mol. The van der Waals surface area contributed by atoms with Crippen molar-refractivity contribution in [3.05, 3.63) is 57.9 Å². The Morgan fingerprint density at radius 2 is 2.19 bits per heavy atom. The lowest BCUT2D eigenvalue weighted by atomic mass is 10.1. The first-order valence-corrected chi connectivity index (χ1v) is 7.48. The third-order valence-electron chi connectivity index (χ3n) is 3.08. The van der Waals surface area contributed by atoms with E-state index >= 15 is 0 Å². The first kappa shape index (κ1) is 13.9. The number of rotatable bonds is 4. The summed E-state index contributed by atoms with van der Waals surface area (Å²) in [5.74, 6) is -0.920. The van der Waals surface area contributed by atoms with Gasteiger partial charge in [-0.1, -0.05) is 17.7 Å². The van der Waals surface area contributed by atoms with Gasteiger partial charge in [0.1, 0.15) is 0 Å². The van der Waals surface area contributed by atoms with Crippen LogP contribution in [0.15, 0.2) is 48.0 Å². The van der Waals surface area contributed by atoms with Gasteiger partial charge in [0.25, 0.3) is 0 Å². The standard InChI is InChI=1S/C15H11ClN2O2S/c16-9-3-4-10-11(5-6-17-12(10)8-9)18-14(15(19)20)13-2-1-7-21-13/h1-8,14H,(H,17,18)(H,19,20). The predicted octanol–water partition coefficient (Wildman–Crippen LogP) is 4.19. The van der Waals surface area contributed by atoms with Gasteiger partial charge in [-0.15, -0.1) is 11.3 Å². The number of hydrogen-bond acceptors (Lipinski definition) is 4. The van der Waals surface area contributed by atoms with Gasteiger partial charge in [-0.2, -0.15) is 0 Å². The number of carboxylic acids is 1. The van der Waals surface area contributed by atoms with Crippen LogP contribution in [0.4, 0.5) is 5.69 Å². The van der Waals surface area contributed by atoms with Crippen molar-refractivity contribution in [1.82, 2.24) is 4.98 Å². The predicted molar refractivity (Wildman–Crippen MR) is 85.1 cm³/mol. The Labute approximate surface area is 130 Å². The van der Waals surface area contributed by atoms with Crippen LogP contribution >= 0.6 is 22.9 Å². The fourth-order valence-electron chi connectivity index (χ4n) is 2.11. The number of aliphatic carboxylic acids is 1. The molecule has 0 saturated carbocycles. The SMILES string of the molecule is O=C(O)C(Nc1ccnc2cc(Cl)ccc12)c1cccs1. The summed E-state index contributed by atoms with van der Waals surface area (Å²) in [4.78, 5) is 16.5. The second kappa shape index (κ2) is 5.71. The van der Waals surface area contributed by atoms with Crippen LogP contribution in [0, 0.1) is 0 Å². The molecule has 21 heavy (non-hydrogen) atoms. The van der Waals surface area contributed by atoms with Gasteiger partial charge in [-0.3, -0.25) is 4.98 Å². The number of carbonyl (C=O) groups is 1. The normalized spacial score (nSPS) is 12.2. The molecule has 2 N–H and O–H groups in total. The van der Waals surface area contributed by atoms with Crippen molar-refractivity contribution in [3.8, 4) is 0 Å². The number of fused-ring (bicyclic) bond motifs is 1. The van der Waals surface area contributed by atoms with E-state index in [0.717, 1.165) is 21.5 Å². The second-order valence-corrected chi connectivity index (χ2v) is 5.87. The van der Waals surface area contributed by atoms with Crippen LogP contribution in [-0.4, -0.2) is 16.1 Å². The van der Waals surface area contributed by atoms with Gasteiger partial charge >= 0.3 is 5.97 Å². The van der Waals surface area contributed by atoms with E-state index in [1.165, 1.54) is 11.3 Å².